The van der Waals surface area contributed by atoms with E-state index in [2.05, 4.69) is 34.5 Å². The Kier molecular flexibility index (Phi) is 3.33. The van der Waals surface area contributed by atoms with Crippen LogP contribution in [0.15, 0.2) is 53.9 Å². The summed E-state index contributed by atoms with van der Waals surface area (Å²) in [5, 5.41) is 5.65. The van der Waals surface area contributed by atoms with E-state index in [0.717, 1.165) is 23.0 Å². The van der Waals surface area contributed by atoms with E-state index in [1.165, 1.54) is 18.4 Å². The third-order valence-electron chi connectivity index (χ3n) is 4.18. The Bertz CT molecular complexity index is 872. The highest BCUT2D eigenvalue weighted by Gasteiger charge is 2.20. The van der Waals surface area contributed by atoms with E-state index in [1.807, 2.05) is 40.8 Å². The van der Waals surface area contributed by atoms with Gasteiger partial charge in [-0.1, -0.05) is 24.3 Å². The summed E-state index contributed by atoms with van der Waals surface area (Å²) in [6.45, 7) is 0.744. The summed E-state index contributed by atoms with van der Waals surface area (Å²) in [5.74, 6) is 0.649. The largest absolute Gasteiger partial charge is 0.383 e. The molecule has 2 N–H and O–H groups in total. The summed E-state index contributed by atoms with van der Waals surface area (Å²) >= 11 is 0. The van der Waals surface area contributed by atoms with Crippen LogP contribution in [0.3, 0.4) is 0 Å². The molecule has 2 heterocycles. The van der Waals surface area contributed by atoms with Crippen molar-refractivity contribution < 1.29 is 4.57 Å². The first-order chi connectivity index (χ1) is 11.2. The van der Waals surface area contributed by atoms with Crippen LogP contribution >= 0.6 is 0 Å². The van der Waals surface area contributed by atoms with Crippen LogP contribution in [0, 0.1) is 0 Å². The number of rotatable bonds is 4. The Morgan fingerprint density at radius 3 is 2.83 bits per heavy atom. The van der Waals surface area contributed by atoms with Crippen LogP contribution in [-0.4, -0.2) is 21.7 Å². The van der Waals surface area contributed by atoms with Crippen molar-refractivity contribution in [1.29, 1.82) is 0 Å². The summed E-state index contributed by atoms with van der Waals surface area (Å²) in [6, 6.07) is 10.8. The highest BCUT2D eigenvalue weighted by atomic mass is 15.3. The maximum Gasteiger partial charge on any atom is 0.194 e. The number of hydrogen-bond acceptors (Lipinski definition) is 2. The predicted octanol–water partition coefficient (Wildman–Crippen LogP) is 1.78. The van der Waals surface area contributed by atoms with Gasteiger partial charge in [0.1, 0.15) is 18.4 Å². The number of fused-ring (bicyclic) bond motifs is 1. The quantitative estimate of drug-likeness (QED) is 0.454. The molecule has 4 rings (SSSR count). The molecule has 116 valence electrons. The Labute approximate surface area is 135 Å². The van der Waals surface area contributed by atoms with Crippen molar-refractivity contribution in [2.45, 2.75) is 25.4 Å². The molecule has 1 aromatic carbocycles. The smallest absolute Gasteiger partial charge is 0.194 e. The lowest BCUT2D eigenvalue weighted by atomic mass is 10.1. The molecular weight excluding hydrogens is 286 g/mol. The van der Waals surface area contributed by atoms with Crippen LogP contribution < -0.4 is 10.3 Å². The lowest BCUT2D eigenvalue weighted by Crippen LogP contribution is -2.26. The van der Waals surface area contributed by atoms with Gasteiger partial charge in [-0.05, 0) is 18.4 Å². The lowest BCUT2D eigenvalue weighted by molar-refractivity contribution is -0.670. The van der Waals surface area contributed by atoms with Gasteiger partial charge >= 0.3 is 0 Å². The van der Waals surface area contributed by atoms with Crippen molar-refractivity contribution in [2.24, 2.45) is 17.8 Å². The van der Waals surface area contributed by atoms with Gasteiger partial charge in [0.2, 0.25) is 0 Å². The molecule has 0 atom stereocenters. The van der Waals surface area contributed by atoms with Crippen molar-refractivity contribution in [3.8, 4) is 0 Å². The average Bonchev–Trinajstić information content (AvgIpc) is 3.29. The fourth-order valence-corrected chi connectivity index (χ4v) is 2.67. The van der Waals surface area contributed by atoms with E-state index < -0.39 is 0 Å². The maximum absolute atomic E-state index is 6.04. The predicted molar refractivity (Wildman–Crippen MR) is 90.2 cm³/mol. The number of nitrogens with zero attached hydrogens (tertiary/aromatic N) is 4. The zero-order chi connectivity index (χ0) is 15.8. The first kappa shape index (κ1) is 13.9. The van der Waals surface area contributed by atoms with E-state index in [1.54, 1.807) is 0 Å². The molecule has 0 amide bonds. The highest BCUT2D eigenvalue weighted by molar-refractivity contribution is 5.97. The number of aryl methyl sites for hydroxylation is 1. The molecule has 1 saturated carbocycles. The molecule has 5 nitrogen and oxygen atoms in total. The van der Waals surface area contributed by atoms with Gasteiger partial charge < -0.3 is 5.73 Å². The SMILES string of the molecule is C[n+]1ccc2cnn(Cc3ccc(C(N)=NC4CC4)cc3)c2c1. The van der Waals surface area contributed by atoms with Crippen LogP contribution in [0.1, 0.15) is 24.0 Å². The van der Waals surface area contributed by atoms with Crippen LogP contribution in [0.5, 0.6) is 0 Å². The molecule has 23 heavy (non-hydrogen) atoms. The van der Waals surface area contributed by atoms with Crippen LogP contribution in [0.4, 0.5) is 0 Å². The molecule has 1 fully saturated rings. The second-order valence-corrected chi connectivity index (χ2v) is 6.20. The van der Waals surface area contributed by atoms with Gasteiger partial charge in [-0.3, -0.25) is 9.67 Å². The van der Waals surface area contributed by atoms with Gasteiger partial charge in [-0.15, -0.1) is 0 Å². The Hall–Kier alpha value is -2.69. The number of aromatic nitrogens is 3. The number of hydrogen-bond donors (Lipinski definition) is 1. The van der Waals surface area contributed by atoms with E-state index in [0.29, 0.717) is 11.9 Å². The van der Waals surface area contributed by atoms with E-state index in [4.69, 9.17) is 5.73 Å². The molecule has 1 aliphatic rings. The van der Waals surface area contributed by atoms with Crippen LogP contribution in [0.25, 0.3) is 10.9 Å². The third-order valence-corrected chi connectivity index (χ3v) is 4.18. The van der Waals surface area contributed by atoms with Crippen LogP contribution in [-0.2, 0) is 13.6 Å². The van der Waals surface area contributed by atoms with E-state index in [-0.39, 0.29) is 0 Å². The lowest BCUT2D eigenvalue weighted by Gasteiger charge is -2.05. The normalized spacial score (nSPS) is 15.3. The highest BCUT2D eigenvalue weighted by Crippen LogP contribution is 2.24. The standard InChI is InChI=1S/C18H20N5/c1-22-9-8-15-10-20-23(17(15)12-22)11-13-2-4-14(5-3-13)18(19)21-16-6-7-16/h2-5,8-10,12,16H,6-7,11H2,1H3,(H2,19,21)/q+1. The zero-order valence-corrected chi connectivity index (χ0v) is 13.2. The third kappa shape index (κ3) is 2.95. The van der Waals surface area contributed by atoms with Crippen molar-refractivity contribution in [1.82, 2.24) is 9.78 Å². The molecule has 5 heteroatoms. The molecule has 0 unspecified atom stereocenters. The van der Waals surface area contributed by atoms with Crippen molar-refractivity contribution in [3.63, 3.8) is 0 Å². The second kappa shape index (κ2) is 5.50. The maximum atomic E-state index is 6.04. The Balaban J connectivity index is 1.57. The van der Waals surface area contributed by atoms with Crippen molar-refractivity contribution in [3.05, 3.63) is 60.0 Å². The Morgan fingerprint density at radius 2 is 2.09 bits per heavy atom. The monoisotopic (exact) mass is 306 g/mol. The summed E-state index contributed by atoms with van der Waals surface area (Å²) in [7, 11) is 2.02. The molecular formula is C18H20N5+. The van der Waals surface area contributed by atoms with E-state index in [9.17, 15) is 0 Å². The molecule has 0 bridgehead atoms. The van der Waals surface area contributed by atoms with Crippen molar-refractivity contribution >= 4 is 16.7 Å². The minimum atomic E-state index is 0.450. The van der Waals surface area contributed by atoms with Gasteiger partial charge in [-0.2, -0.15) is 5.10 Å². The van der Waals surface area contributed by atoms with Gasteiger partial charge in [0, 0.05) is 17.0 Å². The fourth-order valence-electron chi connectivity index (χ4n) is 2.67. The molecule has 3 aromatic rings. The zero-order valence-electron chi connectivity index (χ0n) is 13.2. The van der Waals surface area contributed by atoms with Gasteiger partial charge in [0.25, 0.3) is 0 Å². The van der Waals surface area contributed by atoms with E-state index >= 15 is 0 Å². The summed E-state index contributed by atoms with van der Waals surface area (Å²) in [5.41, 5.74) is 9.37. The number of pyridine rings is 1. The number of benzene rings is 1. The molecule has 0 spiro atoms. The first-order valence-electron chi connectivity index (χ1n) is 7.92. The summed E-state index contributed by atoms with van der Waals surface area (Å²) in [4.78, 5) is 4.49. The molecule has 0 aliphatic heterocycles. The fraction of sp³-hybridized carbons (Fsp3) is 0.278. The molecule has 0 saturated heterocycles. The van der Waals surface area contributed by atoms with Gasteiger partial charge in [0.05, 0.1) is 18.8 Å². The molecule has 1 aliphatic carbocycles. The summed E-state index contributed by atoms with van der Waals surface area (Å²) in [6.07, 6.45) is 8.37. The minimum Gasteiger partial charge on any atom is -0.383 e. The topological polar surface area (TPSA) is 60.1 Å². The average molecular weight is 306 g/mol. The second-order valence-electron chi connectivity index (χ2n) is 6.20. The van der Waals surface area contributed by atoms with Gasteiger partial charge in [-0.25, -0.2) is 4.57 Å². The number of aliphatic imine (C=N–C) groups is 1. The first-order valence-corrected chi connectivity index (χ1v) is 7.92. The minimum absolute atomic E-state index is 0.450. The summed E-state index contributed by atoms with van der Waals surface area (Å²) < 4.78 is 4.06. The Morgan fingerprint density at radius 1 is 1.30 bits per heavy atom. The van der Waals surface area contributed by atoms with Crippen LogP contribution in [0.2, 0.25) is 0 Å². The van der Waals surface area contributed by atoms with Gasteiger partial charge in [0.15, 0.2) is 12.4 Å². The van der Waals surface area contributed by atoms with Crippen molar-refractivity contribution in [2.75, 3.05) is 0 Å². The molecule has 0 radical (unpaired) electrons. The number of nitrogens with two attached hydrogens (primary N) is 1. The molecule has 2 aromatic heterocycles. The number of amidine groups is 1.